The Morgan fingerprint density at radius 2 is 1.03 bits per heavy atom. The van der Waals surface area contributed by atoms with E-state index in [1.54, 1.807) is 6.08 Å². The van der Waals surface area contributed by atoms with Crippen molar-refractivity contribution >= 4 is 5.91 Å². The number of unbranched alkanes of at least 4 members (excludes halogenated alkanes) is 20. The van der Waals surface area contributed by atoms with Crippen LogP contribution in [0, 0.1) is 0 Å². The third kappa shape index (κ3) is 26.5. The van der Waals surface area contributed by atoms with Crippen molar-refractivity contribution in [3.8, 4) is 0 Å². The summed E-state index contributed by atoms with van der Waals surface area (Å²) in [6, 6.07) is -0.631. The molecule has 0 spiro atoms. The van der Waals surface area contributed by atoms with E-state index in [0.717, 1.165) is 32.1 Å². The summed E-state index contributed by atoms with van der Waals surface area (Å²) in [5.74, 6) is -0.0778. The summed E-state index contributed by atoms with van der Waals surface area (Å²) in [6.45, 7) is 4.26. The number of amides is 1. The normalized spacial score (nSPS) is 13.5. The second kappa shape index (κ2) is 30.4. The molecule has 0 aliphatic carbocycles. The fourth-order valence-electron chi connectivity index (χ4n) is 4.84. The predicted molar refractivity (Wildman–Crippen MR) is 165 cm³/mol. The lowest BCUT2D eigenvalue weighted by Gasteiger charge is -2.19. The molecule has 4 nitrogen and oxygen atoms in total. The maximum atomic E-state index is 12.2. The van der Waals surface area contributed by atoms with E-state index in [4.69, 9.17) is 0 Å². The van der Waals surface area contributed by atoms with Gasteiger partial charge >= 0.3 is 0 Å². The van der Waals surface area contributed by atoms with Crippen molar-refractivity contribution < 1.29 is 15.0 Å². The average Bonchev–Trinajstić information content (AvgIpc) is 2.92. The van der Waals surface area contributed by atoms with E-state index >= 15 is 0 Å². The number of carbonyl (C=O) groups excluding carboxylic acids is 1. The Morgan fingerprint density at radius 1 is 0.605 bits per heavy atom. The van der Waals surface area contributed by atoms with Crippen LogP contribution in [0.1, 0.15) is 168 Å². The van der Waals surface area contributed by atoms with Gasteiger partial charge in [-0.2, -0.15) is 0 Å². The molecule has 0 aliphatic rings. The topological polar surface area (TPSA) is 69.6 Å². The number of nitrogens with one attached hydrogen (secondary N) is 1. The Balaban J connectivity index is 3.70. The zero-order chi connectivity index (χ0) is 27.9. The highest BCUT2D eigenvalue weighted by Gasteiger charge is 2.17. The first-order chi connectivity index (χ1) is 18.7. The highest BCUT2D eigenvalue weighted by molar-refractivity contribution is 5.76. The van der Waals surface area contributed by atoms with Gasteiger partial charge in [-0.1, -0.05) is 154 Å². The SMILES string of the molecule is CCCCCCCCCCCC/C=C/CC/C=C/C(O)C(CO)NC(=O)CCCCCCCCCCCC. The number of aliphatic hydroxyl groups excluding tert-OH is 2. The Hall–Kier alpha value is -1.13. The fourth-order valence-corrected chi connectivity index (χ4v) is 4.84. The first kappa shape index (κ1) is 36.9. The van der Waals surface area contributed by atoms with Crippen LogP contribution in [0.25, 0.3) is 0 Å². The highest BCUT2D eigenvalue weighted by Crippen LogP contribution is 2.13. The number of carbonyl (C=O) groups is 1. The van der Waals surface area contributed by atoms with Gasteiger partial charge in [0.2, 0.25) is 5.91 Å². The predicted octanol–water partition coefficient (Wildman–Crippen LogP) is 9.34. The van der Waals surface area contributed by atoms with E-state index in [-0.39, 0.29) is 12.5 Å². The summed E-state index contributed by atoms with van der Waals surface area (Å²) < 4.78 is 0. The molecular weight excluding hydrogens is 470 g/mol. The Morgan fingerprint density at radius 3 is 1.53 bits per heavy atom. The summed E-state index contributed by atoms with van der Waals surface area (Å²) in [7, 11) is 0. The number of hydrogen-bond acceptors (Lipinski definition) is 3. The molecule has 3 N–H and O–H groups in total. The molecule has 1 amide bonds. The zero-order valence-corrected chi connectivity index (χ0v) is 25.4. The van der Waals surface area contributed by atoms with Gasteiger partial charge in [-0.05, 0) is 32.1 Å². The molecule has 38 heavy (non-hydrogen) atoms. The molecule has 2 atom stereocenters. The molecule has 224 valence electrons. The van der Waals surface area contributed by atoms with Gasteiger partial charge in [0.1, 0.15) is 0 Å². The lowest BCUT2D eigenvalue weighted by Crippen LogP contribution is -2.45. The van der Waals surface area contributed by atoms with Gasteiger partial charge < -0.3 is 15.5 Å². The van der Waals surface area contributed by atoms with Crippen LogP contribution >= 0.6 is 0 Å². The summed E-state index contributed by atoms with van der Waals surface area (Å²) >= 11 is 0. The van der Waals surface area contributed by atoms with Crippen molar-refractivity contribution in [1.82, 2.24) is 5.32 Å². The van der Waals surface area contributed by atoms with E-state index in [2.05, 4.69) is 31.3 Å². The van der Waals surface area contributed by atoms with Crippen LogP contribution in [0.4, 0.5) is 0 Å². The van der Waals surface area contributed by atoms with Gasteiger partial charge in [0.15, 0.2) is 0 Å². The molecule has 0 heterocycles. The van der Waals surface area contributed by atoms with Crippen molar-refractivity contribution in [1.29, 1.82) is 0 Å². The van der Waals surface area contributed by atoms with Gasteiger partial charge in [-0.3, -0.25) is 4.79 Å². The number of allylic oxidation sites excluding steroid dienone is 3. The van der Waals surface area contributed by atoms with Crippen molar-refractivity contribution in [2.75, 3.05) is 6.61 Å². The van der Waals surface area contributed by atoms with Crippen molar-refractivity contribution in [2.45, 2.75) is 180 Å². The molecular formula is C34H65NO3. The molecule has 0 bridgehead atoms. The van der Waals surface area contributed by atoms with E-state index < -0.39 is 12.1 Å². The molecule has 4 heteroatoms. The first-order valence-electron chi connectivity index (χ1n) is 16.6. The summed E-state index contributed by atoms with van der Waals surface area (Å²) in [5, 5.41) is 22.7. The van der Waals surface area contributed by atoms with E-state index in [9.17, 15) is 15.0 Å². The quantitative estimate of drug-likeness (QED) is 0.0660. The smallest absolute Gasteiger partial charge is 0.220 e. The van der Waals surface area contributed by atoms with Crippen LogP contribution in [-0.2, 0) is 4.79 Å². The molecule has 0 aromatic heterocycles. The number of rotatable bonds is 29. The van der Waals surface area contributed by atoms with Crippen LogP contribution in [0.2, 0.25) is 0 Å². The van der Waals surface area contributed by atoms with E-state index in [1.165, 1.54) is 116 Å². The maximum Gasteiger partial charge on any atom is 0.220 e. The molecule has 0 aliphatic heterocycles. The Kier molecular flexibility index (Phi) is 29.5. The minimum absolute atomic E-state index is 0.0778. The van der Waals surface area contributed by atoms with Gasteiger partial charge in [0, 0.05) is 6.42 Å². The molecule has 0 aromatic carbocycles. The largest absolute Gasteiger partial charge is 0.394 e. The van der Waals surface area contributed by atoms with Crippen LogP contribution in [0.5, 0.6) is 0 Å². The minimum atomic E-state index is -0.854. The van der Waals surface area contributed by atoms with Crippen LogP contribution in [-0.4, -0.2) is 34.9 Å². The Bertz CT molecular complexity index is 546. The number of hydrogen-bond donors (Lipinski definition) is 3. The highest BCUT2D eigenvalue weighted by atomic mass is 16.3. The van der Waals surface area contributed by atoms with E-state index in [1.807, 2.05) is 6.08 Å². The summed E-state index contributed by atoms with van der Waals surface area (Å²) in [6.07, 6.45) is 36.8. The second-order valence-electron chi connectivity index (χ2n) is 11.2. The molecule has 0 saturated heterocycles. The van der Waals surface area contributed by atoms with Gasteiger partial charge in [-0.15, -0.1) is 0 Å². The third-order valence-corrected chi connectivity index (χ3v) is 7.44. The van der Waals surface area contributed by atoms with E-state index in [0.29, 0.717) is 6.42 Å². The standard InChI is InChI=1S/C34H65NO3/c1-3-5-7-9-11-13-15-16-17-18-19-20-21-23-25-27-29-33(37)32(31-36)35-34(38)30-28-26-24-22-14-12-10-8-6-4-2/h20-21,27,29,32-33,36-37H,3-19,22-26,28,30-31H2,1-2H3,(H,35,38)/b21-20+,29-27+. The molecule has 0 aromatic rings. The van der Waals surface area contributed by atoms with Crippen molar-refractivity contribution in [3.63, 3.8) is 0 Å². The van der Waals surface area contributed by atoms with Gasteiger partial charge in [0.05, 0.1) is 18.8 Å². The monoisotopic (exact) mass is 535 g/mol. The zero-order valence-electron chi connectivity index (χ0n) is 25.4. The van der Waals surface area contributed by atoms with Crippen LogP contribution < -0.4 is 5.32 Å². The second-order valence-corrected chi connectivity index (χ2v) is 11.2. The molecule has 0 saturated carbocycles. The molecule has 0 rings (SSSR count). The minimum Gasteiger partial charge on any atom is -0.394 e. The maximum absolute atomic E-state index is 12.2. The molecule has 0 fully saturated rings. The summed E-state index contributed by atoms with van der Waals surface area (Å²) in [4.78, 5) is 12.2. The Labute approximate surface area is 237 Å². The van der Waals surface area contributed by atoms with Crippen LogP contribution in [0.3, 0.4) is 0 Å². The molecule has 2 unspecified atom stereocenters. The van der Waals surface area contributed by atoms with Crippen molar-refractivity contribution in [3.05, 3.63) is 24.3 Å². The van der Waals surface area contributed by atoms with Crippen molar-refractivity contribution in [2.24, 2.45) is 0 Å². The lowest BCUT2D eigenvalue weighted by atomic mass is 10.1. The summed E-state index contributed by atoms with van der Waals surface area (Å²) in [5.41, 5.74) is 0. The average molecular weight is 536 g/mol. The molecule has 0 radical (unpaired) electrons. The fraction of sp³-hybridized carbons (Fsp3) is 0.853. The third-order valence-electron chi connectivity index (χ3n) is 7.44. The lowest BCUT2D eigenvalue weighted by molar-refractivity contribution is -0.123. The van der Waals surface area contributed by atoms with Crippen LogP contribution in [0.15, 0.2) is 24.3 Å². The van der Waals surface area contributed by atoms with Gasteiger partial charge in [0.25, 0.3) is 0 Å². The first-order valence-corrected chi connectivity index (χ1v) is 16.6. The number of aliphatic hydroxyl groups is 2. The van der Waals surface area contributed by atoms with Gasteiger partial charge in [-0.25, -0.2) is 0 Å².